The summed E-state index contributed by atoms with van der Waals surface area (Å²) in [7, 11) is 3.13. The van der Waals surface area contributed by atoms with Gasteiger partial charge in [0.2, 0.25) is 11.8 Å². The molecule has 0 fully saturated rings. The molecule has 1 atom stereocenters. The van der Waals surface area contributed by atoms with Gasteiger partial charge in [-0.05, 0) is 29.8 Å². The number of para-hydroxylation sites is 2. The third kappa shape index (κ3) is 5.24. The van der Waals surface area contributed by atoms with E-state index >= 15 is 0 Å². The summed E-state index contributed by atoms with van der Waals surface area (Å²) in [5.74, 6) is 0.866. The van der Waals surface area contributed by atoms with E-state index in [1.165, 1.54) is 6.92 Å². The zero-order valence-corrected chi connectivity index (χ0v) is 14.5. The van der Waals surface area contributed by atoms with Crippen molar-refractivity contribution in [3.8, 4) is 11.5 Å². The van der Waals surface area contributed by atoms with Crippen LogP contribution in [0.4, 0.5) is 5.69 Å². The molecule has 25 heavy (non-hydrogen) atoms. The third-order valence-corrected chi connectivity index (χ3v) is 3.67. The standard InChI is InChI=1S/C19H22N2O4/c1-13(22)20-17(14-8-10-15(24-2)11-9-14)12-19(23)21-16-6-4-5-7-18(16)25-3/h4-11,17H,12H2,1-3H3,(H,20,22)(H,21,23). The van der Waals surface area contributed by atoms with Crippen LogP contribution in [0, 0.1) is 0 Å². The first-order valence-electron chi connectivity index (χ1n) is 7.87. The summed E-state index contributed by atoms with van der Waals surface area (Å²) in [6.07, 6.45) is 0.101. The van der Waals surface area contributed by atoms with Gasteiger partial charge >= 0.3 is 0 Å². The van der Waals surface area contributed by atoms with Gasteiger partial charge < -0.3 is 20.1 Å². The number of nitrogens with one attached hydrogen (secondary N) is 2. The van der Waals surface area contributed by atoms with Gasteiger partial charge in [0.25, 0.3) is 0 Å². The summed E-state index contributed by atoms with van der Waals surface area (Å²) < 4.78 is 10.4. The highest BCUT2D eigenvalue weighted by Crippen LogP contribution is 2.25. The summed E-state index contributed by atoms with van der Waals surface area (Å²) in [6.45, 7) is 1.43. The van der Waals surface area contributed by atoms with E-state index in [2.05, 4.69) is 10.6 Å². The Morgan fingerprint density at radius 2 is 1.68 bits per heavy atom. The monoisotopic (exact) mass is 342 g/mol. The van der Waals surface area contributed by atoms with Crippen molar-refractivity contribution < 1.29 is 19.1 Å². The first-order valence-corrected chi connectivity index (χ1v) is 7.87. The van der Waals surface area contributed by atoms with E-state index in [4.69, 9.17) is 9.47 Å². The number of ether oxygens (including phenoxy) is 2. The van der Waals surface area contributed by atoms with Crippen LogP contribution in [-0.2, 0) is 9.59 Å². The Morgan fingerprint density at radius 3 is 2.28 bits per heavy atom. The molecule has 0 saturated heterocycles. The van der Waals surface area contributed by atoms with Crippen molar-refractivity contribution in [1.82, 2.24) is 5.32 Å². The number of hydrogen-bond acceptors (Lipinski definition) is 4. The molecular formula is C19H22N2O4. The maximum absolute atomic E-state index is 12.4. The van der Waals surface area contributed by atoms with Crippen LogP contribution in [0.15, 0.2) is 48.5 Å². The summed E-state index contributed by atoms with van der Waals surface area (Å²) in [5, 5.41) is 5.62. The van der Waals surface area contributed by atoms with Crippen molar-refractivity contribution in [2.24, 2.45) is 0 Å². The van der Waals surface area contributed by atoms with Crippen LogP contribution < -0.4 is 20.1 Å². The Labute approximate surface area is 147 Å². The highest BCUT2D eigenvalue weighted by molar-refractivity contribution is 5.93. The van der Waals surface area contributed by atoms with E-state index in [1.54, 1.807) is 38.5 Å². The van der Waals surface area contributed by atoms with Crippen LogP contribution in [0.2, 0.25) is 0 Å². The van der Waals surface area contributed by atoms with Crippen LogP contribution in [0.3, 0.4) is 0 Å². The van der Waals surface area contributed by atoms with E-state index in [9.17, 15) is 9.59 Å². The van der Waals surface area contributed by atoms with Crippen molar-refractivity contribution in [2.45, 2.75) is 19.4 Å². The van der Waals surface area contributed by atoms with Gasteiger partial charge in [-0.3, -0.25) is 9.59 Å². The van der Waals surface area contributed by atoms with E-state index in [0.29, 0.717) is 17.2 Å². The molecule has 2 N–H and O–H groups in total. The molecule has 0 radical (unpaired) electrons. The number of hydrogen-bond donors (Lipinski definition) is 2. The average molecular weight is 342 g/mol. The second-order valence-electron chi connectivity index (χ2n) is 5.48. The number of methoxy groups -OCH3 is 2. The van der Waals surface area contributed by atoms with Crippen LogP contribution in [-0.4, -0.2) is 26.0 Å². The van der Waals surface area contributed by atoms with Crippen LogP contribution in [0.5, 0.6) is 11.5 Å². The normalized spacial score (nSPS) is 11.3. The van der Waals surface area contributed by atoms with Crippen LogP contribution in [0.1, 0.15) is 24.9 Å². The van der Waals surface area contributed by atoms with Crippen molar-refractivity contribution >= 4 is 17.5 Å². The Balaban J connectivity index is 2.12. The fraction of sp³-hybridized carbons (Fsp3) is 0.263. The lowest BCUT2D eigenvalue weighted by molar-refractivity contribution is -0.120. The zero-order chi connectivity index (χ0) is 18.2. The topological polar surface area (TPSA) is 76.7 Å². The summed E-state index contributed by atoms with van der Waals surface area (Å²) in [5.41, 5.74) is 1.41. The van der Waals surface area contributed by atoms with Gasteiger partial charge in [0.05, 0.1) is 32.4 Å². The predicted octanol–water partition coefficient (Wildman–Crippen LogP) is 2.91. The Kier molecular flexibility index (Phi) is 6.39. The van der Waals surface area contributed by atoms with Crippen LogP contribution in [0.25, 0.3) is 0 Å². The quantitative estimate of drug-likeness (QED) is 0.811. The third-order valence-electron chi connectivity index (χ3n) is 3.67. The number of rotatable bonds is 7. The van der Waals surface area contributed by atoms with E-state index in [1.807, 2.05) is 24.3 Å². The molecule has 0 aromatic heterocycles. The second kappa shape index (κ2) is 8.73. The molecule has 0 saturated carbocycles. The average Bonchev–Trinajstić information content (AvgIpc) is 2.61. The van der Waals surface area contributed by atoms with Gasteiger partial charge in [0.1, 0.15) is 11.5 Å². The van der Waals surface area contributed by atoms with Gasteiger partial charge in [-0.1, -0.05) is 24.3 Å². The lowest BCUT2D eigenvalue weighted by Crippen LogP contribution is -2.29. The molecular weight excluding hydrogens is 320 g/mol. The van der Waals surface area contributed by atoms with Gasteiger partial charge in [0, 0.05) is 6.92 Å². The molecule has 0 aliphatic carbocycles. The smallest absolute Gasteiger partial charge is 0.226 e. The van der Waals surface area contributed by atoms with E-state index in [-0.39, 0.29) is 18.2 Å². The SMILES string of the molecule is COc1ccc(C(CC(=O)Nc2ccccc2OC)NC(C)=O)cc1. The van der Waals surface area contributed by atoms with Gasteiger partial charge in [-0.25, -0.2) is 0 Å². The van der Waals surface area contributed by atoms with Crippen molar-refractivity contribution in [1.29, 1.82) is 0 Å². The van der Waals surface area contributed by atoms with E-state index in [0.717, 1.165) is 5.56 Å². The molecule has 0 spiro atoms. The van der Waals surface area contributed by atoms with Crippen molar-refractivity contribution in [2.75, 3.05) is 19.5 Å². The number of carbonyl (C=O) groups is 2. The molecule has 6 heteroatoms. The zero-order valence-electron chi connectivity index (χ0n) is 14.5. The minimum Gasteiger partial charge on any atom is -0.497 e. The summed E-state index contributed by atoms with van der Waals surface area (Å²) in [6, 6.07) is 14.0. The number of carbonyl (C=O) groups excluding carboxylic acids is 2. The van der Waals surface area contributed by atoms with Crippen molar-refractivity contribution in [3.63, 3.8) is 0 Å². The summed E-state index contributed by atoms with van der Waals surface area (Å²) in [4.78, 5) is 23.9. The first-order chi connectivity index (χ1) is 12.0. The molecule has 0 aliphatic rings. The second-order valence-corrected chi connectivity index (χ2v) is 5.48. The molecule has 2 aromatic carbocycles. The number of amides is 2. The lowest BCUT2D eigenvalue weighted by atomic mass is 10.0. The van der Waals surface area contributed by atoms with E-state index < -0.39 is 6.04 Å². The highest BCUT2D eigenvalue weighted by atomic mass is 16.5. The Hall–Kier alpha value is -3.02. The first kappa shape index (κ1) is 18.3. The van der Waals surface area contributed by atoms with Gasteiger partial charge in [0.15, 0.2) is 0 Å². The predicted molar refractivity (Wildman–Crippen MR) is 95.8 cm³/mol. The minimum atomic E-state index is -0.432. The van der Waals surface area contributed by atoms with Crippen LogP contribution >= 0.6 is 0 Å². The largest absolute Gasteiger partial charge is 0.497 e. The molecule has 2 amide bonds. The molecule has 2 aromatic rings. The Morgan fingerprint density at radius 1 is 1.00 bits per heavy atom. The fourth-order valence-electron chi connectivity index (χ4n) is 2.47. The fourth-order valence-corrected chi connectivity index (χ4v) is 2.47. The molecule has 0 bridgehead atoms. The molecule has 1 unspecified atom stereocenters. The lowest BCUT2D eigenvalue weighted by Gasteiger charge is -2.19. The Bertz CT molecular complexity index is 728. The maximum atomic E-state index is 12.4. The molecule has 132 valence electrons. The molecule has 0 aliphatic heterocycles. The van der Waals surface area contributed by atoms with Gasteiger partial charge in [-0.2, -0.15) is 0 Å². The summed E-state index contributed by atoms with van der Waals surface area (Å²) >= 11 is 0. The number of anilines is 1. The minimum absolute atomic E-state index is 0.101. The molecule has 6 nitrogen and oxygen atoms in total. The number of benzene rings is 2. The maximum Gasteiger partial charge on any atom is 0.226 e. The molecule has 2 rings (SSSR count). The van der Waals surface area contributed by atoms with Gasteiger partial charge in [-0.15, -0.1) is 0 Å². The van der Waals surface area contributed by atoms with Crippen molar-refractivity contribution in [3.05, 3.63) is 54.1 Å². The molecule has 0 heterocycles. The highest BCUT2D eigenvalue weighted by Gasteiger charge is 2.18.